The molecule has 0 radical (unpaired) electrons. The van der Waals surface area contributed by atoms with Gasteiger partial charge >= 0.3 is 35.7 Å². The molecule has 1 rings (SSSR count). The van der Waals surface area contributed by atoms with Crippen LogP contribution in [0.3, 0.4) is 0 Å². The van der Waals surface area contributed by atoms with E-state index in [0.29, 0.717) is 10.7 Å². The summed E-state index contributed by atoms with van der Waals surface area (Å²) in [7, 11) is 0. The average molecular weight is 238 g/mol. The number of rotatable bonds is 2. The van der Waals surface area contributed by atoms with E-state index >= 15 is 0 Å². The maximum Gasteiger partial charge on any atom is 1.00 e. The third-order valence-corrected chi connectivity index (χ3v) is 1.65. The number of nitrogens with one attached hydrogen (secondary N) is 1. The van der Waals surface area contributed by atoms with E-state index in [1.54, 1.807) is 38.1 Å². The number of amides is 1. The molecule has 78 valence electrons. The summed E-state index contributed by atoms with van der Waals surface area (Å²) >= 11 is 5.74. The molecule has 5 heteroatoms. The van der Waals surface area contributed by atoms with Crippen LogP contribution in [0.5, 0.6) is 0 Å². The summed E-state index contributed by atoms with van der Waals surface area (Å²) in [4.78, 5) is 11.2. The summed E-state index contributed by atoms with van der Waals surface area (Å²) in [5, 5.41) is 3.14. The van der Waals surface area contributed by atoms with Crippen LogP contribution in [0.25, 0.3) is 0 Å². The number of hydrogen-bond donors (Lipinski definition) is 1. The second-order valence-corrected chi connectivity index (χ2v) is 3.53. The molecule has 15 heavy (non-hydrogen) atoms. The van der Waals surface area contributed by atoms with Gasteiger partial charge in [-0.05, 0) is 32.0 Å². The van der Waals surface area contributed by atoms with Crippen LogP contribution in [-0.4, -0.2) is 12.2 Å². The van der Waals surface area contributed by atoms with Crippen molar-refractivity contribution in [3.05, 3.63) is 29.3 Å². The molecular weight excluding hydrogens is 225 g/mol. The molecule has 1 aromatic carbocycles. The Balaban J connectivity index is 0. The zero-order valence-corrected chi connectivity index (χ0v) is 11.8. The van der Waals surface area contributed by atoms with Crippen molar-refractivity contribution < 1.29 is 40.5 Å². The minimum atomic E-state index is -0.470. The van der Waals surface area contributed by atoms with Crippen LogP contribution < -0.4 is 34.9 Å². The number of anilines is 1. The molecule has 0 heterocycles. The van der Waals surface area contributed by atoms with Crippen molar-refractivity contribution in [3.63, 3.8) is 0 Å². The molecule has 0 spiro atoms. The molecule has 0 saturated carbocycles. The third-order valence-electron chi connectivity index (χ3n) is 1.41. The number of carbonyl (C=O) groups is 1. The molecule has 0 unspecified atom stereocenters. The average Bonchev–Trinajstić information content (AvgIpc) is 2.01. The summed E-state index contributed by atoms with van der Waals surface area (Å²) in [6.07, 6.45) is -0.601. The number of halogens is 1. The van der Waals surface area contributed by atoms with Crippen molar-refractivity contribution in [3.8, 4) is 0 Å². The van der Waals surface area contributed by atoms with Crippen molar-refractivity contribution >= 4 is 23.4 Å². The van der Waals surface area contributed by atoms with E-state index in [4.69, 9.17) is 16.3 Å². The first-order chi connectivity index (χ1) is 6.58. The second-order valence-electron chi connectivity index (χ2n) is 3.09. The quantitative estimate of drug-likeness (QED) is 0.757. The Hall–Kier alpha value is -0.220. The van der Waals surface area contributed by atoms with Gasteiger partial charge in [-0.1, -0.05) is 17.7 Å². The van der Waals surface area contributed by atoms with Crippen molar-refractivity contribution in [2.45, 2.75) is 20.0 Å². The molecule has 0 atom stereocenters. The van der Waals surface area contributed by atoms with E-state index in [2.05, 4.69) is 5.32 Å². The van der Waals surface area contributed by atoms with E-state index in [0.717, 1.165) is 0 Å². The normalized spacial score (nSPS) is 9.33. The predicted octanol–water partition coefficient (Wildman–Crippen LogP) is 0.413. The molecule has 1 aromatic rings. The van der Waals surface area contributed by atoms with Crippen molar-refractivity contribution in [1.29, 1.82) is 0 Å². The largest absolute Gasteiger partial charge is 1.00 e. The van der Waals surface area contributed by atoms with Gasteiger partial charge in [0.25, 0.3) is 0 Å². The summed E-state index contributed by atoms with van der Waals surface area (Å²) < 4.78 is 4.90. The Bertz CT molecular complexity index is 336. The second kappa shape index (κ2) is 7.12. The maximum atomic E-state index is 11.2. The van der Waals surface area contributed by atoms with E-state index in [9.17, 15) is 4.79 Å². The minimum absolute atomic E-state index is 0. The van der Waals surface area contributed by atoms with Crippen LogP contribution in [0, 0.1) is 0 Å². The van der Waals surface area contributed by atoms with Crippen molar-refractivity contribution in [2.75, 3.05) is 5.32 Å². The summed E-state index contributed by atoms with van der Waals surface area (Å²) in [6.45, 7) is 3.58. The van der Waals surface area contributed by atoms with Crippen LogP contribution in [0.1, 0.15) is 15.3 Å². The Morgan fingerprint density at radius 2 is 2.20 bits per heavy atom. The Kier molecular flexibility index (Phi) is 7.02. The van der Waals surface area contributed by atoms with Gasteiger partial charge in [-0.25, -0.2) is 4.79 Å². The number of hydrogen-bond acceptors (Lipinski definition) is 2. The Morgan fingerprint density at radius 1 is 1.53 bits per heavy atom. The van der Waals surface area contributed by atoms with Gasteiger partial charge < -0.3 is 6.16 Å². The molecule has 0 aliphatic carbocycles. The molecule has 0 fully saturated rings. The molecule has 1 N–H and O–H groups in total. The fraction of sp³-hybridized carbons (Fsp3) is 0.300. The van der Waals surface area contributed by atoms with Gasteiger partial charge in [-0.2, -0.15) is 0 Å². The van der Waals surface area contributed by atoms with Crippen LogP contribution in [0.2, 0.25) is 5.02 Å². The summed E-state index contributed by atoms with van der Waals surface area (Å²) in [5.74, 6) is 0. The van der Waals surface area contributed by atoms with Gasteiger partial charge in [0.2, 0.25) is 0 Å². The summed E-state index contributed by atoms with van der Waals surface area (Å²) in [5.41, 5.74) is 0.628. The first-order valence-corrected chi connectivity index (χ1v) is 4.69. The van der Waals surface area contributed by atoms with Crippen LogP contribution >= 0.6 is 11.6 Å². The zero-order chi connectivity index (χ0) is 10.6. The van der Waals surface area contributed by atoms with Gasteiger partial charge in [0.05, 0.1) is 6.10 Å². The molecule has 0 aliphatic rings. The predicted molar refractivity (Wildman–Crippen MR) is 57.8 cm³/mol. The number of carbonyl (C=O) groups excluding carboxylic acids is 1. The maximum absolute atomic E-state index is 11.2. The molecule has 0 aromatic heterocycles. The molecule has 3 nitrogen and oxygen atoms in total. The van der Waals surface area contributed by atoms with Gasteiger partial charge in [0.1, 0.15) is 0 Å². The minimum Gasteiger partial charge on any atom is -1.00 e. The first kappa shape index (κ1) is 14.8. The van der Waals surface area contributed by atoms with Gasteiger partial charge in [0, 0.05) is 10.7 Å². The zero-order valence-electron chi connectivity index (χ0n) is 10.1. The molecule has 0 saturated heterocycles. The van der Waals surface area contributed by atoms with Crippen molar-refractivity contribution in [1.82, 2.24) is 0 Å². The van der Waals surface area contributed by atoms with E-state index < -0.39 is 6.09 Å². The van der Waals surface area contributed by atoms with E-state index in [-0.39, 0.29) is 37.1 Å². The molecule has 1 amide bonds. The first-order valence-electron chi connectivity index (χ1n) is 4.31. The monoisotopic (exact) mass is 237 g/mol. The van der Waals surface area contributed by atoms with Crippen LogP contribution in [0.15, 0.2) is 24.3 Å². The van der Waals surface area contributed by atoms with Crippen LogP contribution in [0.4, 0.5) is 10.5 Å². The number of ether oxygens (including phenoxy) is 1. The Morgan fingerprint density at radius 3 is 2.73 bits per heavy atom. The van der Waals surface area contributed by atoms with E-state index in [1.807, 2.05) is 0 Å². The van der Waals surface area contributed by atoms with E-state index in [1.165, 1.54) is 0 Å². The fourth-order valence-electron chi connectivity index (χ4n) is 0.928. The SMILES string of the molecule is CC(C)OC(=O)Nc1cccc(Cl)c1.[H-].[Na+]. The molecular formula is C10H13ClNNaO2. The number of benzene rings is 1. The van der Waals surface area contributed by atoms with Gasteiger partial charge in [-0.3, -0.25) is 5.32 Å². The molecule has 0 bridgehead atoms. The van der Waals surface area contributed by atoms with Crippen LogP contribution in [-0.2, 0) is 4.74 Å². The summed E-state index contributed by atoms with van der Waals surface area (Å²) in [6, 6.07) is 6.89. The third kappa shape index (κ3) is 6.05. The standard InChI is InChI=1S/C10H12ClNO2.Na.H/c1-7(2)14-10(13)12-9-5-3-4-8(11)6-9;;/h3-7H,1-2H3,(H,12,13);;/q;+1;-1. The smallest absolute Gasteiger partial charge is 1.00 e. The molecule has 0 aliphatic heterocycles. The topological polar surface area (TPSA) is 38.3 Å². The fourth-order valence-corrected chi connectivity index (χ4v) is 1.12. The van der Waals surface area contributed by atoms with Gasteiger partial charge in [-0.15, -0.1) is 0 Å². The van der Waals surface area contributed by atoms with Crippen molar-refractivity contribution in [2.24, 2.45) is 0 Å². The Labute approximate surface area is 118 Å². The van der Waals surface area contributed by atoms with Gasteiger partial charge in [0.15, 0.2) is 0 Å².